The van der Waals surface area contributed by atoms with E-state index in [1.807, 2.05) is 24.3 Å². The summed E-state index contributed by atoms with van der Waals surface area (Å²) >= 11 is 0. The van der Waals surface area contributed by atoms with Crippen molar-refractivity contribution >= 4 is 16.8 Å². The summed E-state index contributed by atoms with van der Waals surface area (Å²) in [5.74, 6) is 1.13. The monoisotopic (exact) mass is 364 g/mol. The van der Waals surface area contributed by atoms with Crippen LogP contribution >= 0.6 is 0 Å². The zero-order valence-corrected chi connectivity index (χ0v) is 16.4. The van der Waals surface area contributed by atoms with Gasteiger partial charge in [0.05, 0.1) is 0 Å². The predicted octanol–water partition coefficient (Wildman–Crippen LogP) is 4.66. The van der Waals surface area contributed by atoms with Crippen LogP contribution in [0.25, 0.3) is 10.9 Å². The second kappa shape index (κ2) is 8.76. The highest BCUT2D eigenvalue weighted by atomic mass is 16.5. The summed E-state index contributed by atoms with van der Waals surface area (Å²) in [6, 6.07) is 18.5. The Balaban J connectivity index is 1.41. The molecule has 1 heterocycles. The zero-order chi connectivity index (χ0) is 19.2. The Morgan fingerprint density at radius 3 is 2.59 bits per heavy atom. The largest absolute Gasteiger partial charge is 0.484 e. The van der Waals surface area contributed by atoms with Crippen molar-refractivity contribution in [2.24, 2.45) is 0 Å². The number of amides is 1. The molecule has 0 saturated carbocycles. The molecule has 0 fully saturated rings. The quantitative estimate of drug-likeness (QED) is 0.591. The molecule has 1 aromatic heterocycles. The van der Waals surface area contributed by atoms with E-state index in [1.54, 1.807) is 0 Å². The minimum Gasteiger partial charge on any atom is -0.484 e. The van der Waals surface area contributed by atoms with Crippen LogP contribution in [0.2, 0.25) is 0 Å². The van der Waals surface area contributed by atoms with E-state index >= 15 is 0 Å². The van der Waals surface area contributed by atoms with Crippen LogP contribution in [0.15, 0.2) is 54.6 Å². The third kappa shape index (κ3) is 4.91. The van der Waals surface area contributed by atoms with Crippen molar-refractivity contribution in [1.29, 1.82) is 0 Å². The van der Waals surface area contributed by atoms with Crippen molar-refractivity contribution in [1.82, 2.24) is 9.88 Å². The van der Waals surface area contributed by atoms with Gasteiger partial charge in [-0.1, -0.05) is 44.2 Å². The number of rotatable bonds is 8. The average molecular weight is 364 g/mol. The molecule has 0 radical (unpaired) electrons. The zero-order valence-electron chi connectivity index (χ0n) is 16.4. The normalized spacial score (nSPS) is 11.1. The number of aromatic nitrogens is 1. The standard InChI is InChI=1S/C23H28N2O2/c1-17(2)19-9-11-21(12-10-19)27-16-23(26)24-13-6-14-25-18(3)15-20-7-4-5-8-22(20)25/h4-5,7-12,15,17H,6,13-14,16H2,1-3H3,(H,24,26). The van der Waals surface area contributed by atoms with Gasteiger partial charge in [0, 0.05) is 24.3 Å². The maximum absolute atomic E-state index is 12.0. The molecule has 3 aromatic rings. The molecule has 3 rings (SSSR count). The van der Waals surface area contributed by atoms with E-state index in [9.17, 15) is 4.79 Å². The van der Waals surface area contributed by atoms with E-state index in [0.717, 1.165) is 18.7 Å². The second-order valence-electron chi connectivity index (χ2n) is 7.21. The Kier molecular flexibility index (Phi) is 6.17. The molecular weight excluding hydrogens is 336 g/mol. The summed E-state index contributed by atoms with van der Waals surface area (Å²) in [7, 11) is 0. The number of aryl methyl sites for hydroxylation is 2. The van der Waals surface area contributed by atoms with Crippen molar-refractivity contribution in [3.05, 3.63) is 65.9 Å². The summed E-state index contributed by atoms with van der Waals surface area (Å²) in [6.07, 6.45) is 0.883. The van der Waals surface area contributed by atoms with Gasteiger partial charge in [0.1, 0.15) is 5.75 Å². The fourth-order valence-electron chi connectivity index (χ4n) is 3.26. The molecule has 0 aliphatic carbocycles. The van der Waals surface area contributed by atoms with Crippen molar-refractivity contribution in [2.45, 2.75) is 39.7 Å². The van der Waals surface area contributed by atoms with Gasteiger partial charge in [-0.2, -0.15) is 0 Å². The van der Waals surface area contributed by atoms with E-state index in [0.29, 0.717) is 12.5 Å². The van der Waals surface area contributed by atoms with Crippen LogP contribution < -0.4 is 10.1 Å². The molecule has 0 aliphatic heterocycles. The first kappa shape index (κ1) is 19.0. The molecule has 142 valence electrons. The highest BCUT2D eigenvalue weighted by molar-refractivity contribution is 5.81. The number of para-hydroxylation sites is 1. The van der Waals surface area contributed by atoms with Crippen molar-refractivity contribution in [2.75, 3.05) is 13.2 Å². The summed E-state index contributed by atoms with van der Waals surface area (Å²) in [5, 5.41) is 4.20. The van der Waals surface area contributed by atoms with Crippen LogP contribution in [-0.2, 0) is 11.3 Å². The number of carbonyl (C=O) groups excluding carboxylic acids is 1. The highest BCUT2D eigenvalue weighted by Gasteiger charge is 2.06. The molecule has 0 saturated heterocycles. The minimum atomic E-state index is -0.0861. The van der Waals surface area contributed by atoms with Gasteiger partial charge in [0.15, 0.2) is 6.61 Å². The Morgan fingerprint density at radius 2 is 1.85 bits per heavy atom. The first-order chi connectivity index (χ1) is 13.0. The van der Waals surface area contributed by atoms with Gasteiger partial charge in [-0.3, -0.25) is 4.79 Å². The first-order valence-electron chi connectivity index (χ1n) is 9.59. The van der Waals surface area contributed by atoms with E-state index < -0.39 is 0 Å². The van der Waals surface area contributed by atoms with Crippen LogP contribution in [0, 0.1) is 6.92 Å². The molecule has 27 heavy (non-hydrogen) atoms. The lowest BCUT2D eigenvalue weighted by molar-refractivity contribution is -0.123. The van der Waals surface area contributed by atoms with Gasteiger partial charge in [-0.15, -0.1) is 0 Å². The Bertz CT molecular complexity index is 894. The van der Waals surface area contributed by atoms with E-state index in [1.165, 1.54) is 22.2 Å². The number of hydrogen-bond acceptors (Lipinski definition) is 2. The number of hydrogen-bond donors (Lipinski definition) is 1. The van der Waals surface area contributed by atoms with Crippen LogP contribution in [0.1, 0.15) is 37.4 Å². The molecule has 0 bridgehead atoms. The van der Waals surface area contributed by atoms with Crippen molar-refractivity contribution in [3.8, 4) is 5.75 Å². The maximum atomic E-state index is 12.0. The average Bonchev–Trinajstić information content (AvgIpc) is 2.99. The summed E-state index contributed by atoms with van der Waals surface area (Å²) < 4.78 is 7.86. The Hall–Kier alpha value is -2.75. The molecule has 4 heteroatoms. The van der Waals surface area contributed by atoms with E-state index in [4.69, 9.17) is 4.74 Å². The maximum Gasteiger partial charge on any atom is 0.257 e. The third-order valence-corrected chi connectivity index (χ3v) is 4.82. The Morgan fingerprint density at radius 1 is 1.11 bits per heavy atom. The smallest absolute Gasteiger partial charge is 0.257 e. The first-order valence-corrected chi connectivity index (χ1v) is 9.59. The predicted molar refractivity (Wildman–Crippen MR) is 110 cm³/mol. The SMILES string of the molecule is Cc1cc2ccccc2n1CCCNC(=O)COc1ccc(C(C)C)cc1. The van der Waals surface area contributed by atoms with Crippen LogP contribution in [-0.4, -0.2) is 23.6 Å². The summed E-state index contributed by atoms with van der Waals surface area (Å²) in [6.45, 7) is 8.00. The minimum absolute atomic E-state index is 0.0481. The molecule has 2 aromatic carbocycles. The highest BCUT2D eigenvalue weighted by Crippen LogP contribution is 2.20. The number of ether oxygens (including phenoxy) is 1. The molecule has 0 unspecified atom stereocenters. The number of fused-ring (bicyclic) bond motifs is 1. The fourth-order valence-corrected chi connectivity index (χ4v) is 3.26. The van der Waals surface area contributed by atoms with Gasteiger partial charge in [-0.25, -0.2) is 0 Å². The number of nitrogens with one attached hydrogen (secondary N) is 1. The lowest BCUT2D eigenvalue weighted by atomic mass is 10.0. The third-order valence-electron chi connectivity index (χ3n) is 4.82. The molecule has 1 N–H and O–H groups in total. The lowest BCUT2D eigenvalue weighted by Gasteiger charge is -2.11. The summed E-state index contributed by atoms with van der Waals surface area (Å²) in [4.78, 5) is 12.0. The molecular formula is C23H28N2O2. The van der Waals surface area contributed by atoms with Crippen molar-refractivity contribution in [3.63, 3.8) is 0 Å². The number of benzene rings is 2. The fraction of sp³-hybridized carbons (Fsp3) is 0.348. The van der Waals surface area contributed by atoms with Gasteiger partial charge < -0.3 is 14.6 Å². The van der Waals surface area contributed by atoms with Crippen molar-refractivity contribution < 1.29 is 9.53 Å². The second-order valence-corrected chi connectivity index (χ2v) is 7.21. The van der Waals surface area contributed by atoms with Crippen LogP contribution in [0.4, 0.5) is 0 Å². The molecule has 0 atom stereocenters. The molecule has 0 aliphatic rings. The van der Waals surface area contributed by atoms with Gasteiger partial charge in [0.25, 0.3) is 5.91 Å². The lowest BCUT2D eigenvalue weighted by Crippen LogP contribution is -2.30. The van der Waals surface area contributed by atoms with E-state index in [-0.39, 0.29) is 12.5 Å². The Labute approximate surface area is 161 Å². The van der Waals surface area contributed by atoms with Crippen LogP contribution in [0.3, 0.4) is 0 Å². The van der Waals surface area contributed by atoms with Gasteiger partial charge >= 0.3 is 0 Å². The van der Waals surface area contributed by atoms with Gasteiger partial charge in [0.2, 0.25) is 0 Å². The molecule has 1 amide bonds. The van der Waals surface area contributed by atoms with E-state index in [2.05, 4.69) is 61.0 Å². The van der Waals surface area contributed by atoms with Crippen LogP contribution in [0.5, 0.6) is 5.75 Å². The molecule has 4 nitrogen and oxygen atoms in total. The summed E-state index contributed by atoms with van der Waals surface area (Å²) in [5.41, 5.74) is 3.75. The molecule has 0 spiro atoms. The topological polar surface area (TPSA) is 43.3 Å². The van der Waals surface area contributed by atoms with Gasteiger partial charge in [-0.05, 0) is 54.5 Å². The number of nitrogens with zero attached hydrogens (tertiary/aromatic N) is 1. The number of carbonyl (C=O) groups is 1.